The summed E-state index contributed by atoms with van der Waals surface area (Å²) in [7, 11) is -2.40. The lowest BCUT2D eigenvalue weighted by Gasteiger charge is -2.15. The number of rotatable bonds is 6. The monoisotopic (exact) mass is 389 g/mol. The second kappa shape index (κ2) is 8.02. The summed E-state index contributed by atoms with van der Waals surface area (Å²) in [6.07, 6.45) is -0.997. The van der Waals surface area contributed by atoms with Crippen molar-refractivity contribution in [1.29, 1.82) is 0 Å². The summed E-state index contributed by atoms with van der Waals surface area (Å²) in [6.45, 7) is 7.21. The van der Waals surface area contributed by atoms with Crippen molar-refractivity contribution >= 4 is 21.8 Å². The molecule has 0 spiro atoms. The molecule has 2 aromatic rings. The molecular weight excluding hydrogens is 366 g/mol. The molecule has 0 unspecified atom stereocenters. The molecule has 0 saturated heterocycles. The van der Waals surface area contributed by atoms with Crippen LogP contribution in [0.4, 0.5) is 0 Å². The molecule has 0 amide bonds. The standard InChI is InChI=1S/C20H23NO5S/c1-12-9-14(3)18(10-13(12)2)19(22)15(4)26-20(23)16-7-6-8-17(11-16)27(24,25)21-5/h6-11,15,21H,1-5H3/t15-/m0/s1. The lowest BCUT2D eigenvalue weighted by molar-refractivity contribution is 0.0318. The number of carbonyl (C=O) groups is 2. The van der Waals surface area contributed by atoms with Crippen molar-refractivity contribution in [3.63, 3.8) is 0 Å². The highest BCUT2D eigenvalue weighted by Gasteiger charge is 2.23. The Kier molecular flexibility index (Phi) is 6.18. The summed E-state index contributed by atoms with van der Waals surface area (Å²) in [6, 6.07) is 9.18. The second-order valence-corrected chi connectivity index (χ2v) is 8.29. The van der Waals surface area contributed by atoms with Gasteiger partial charge in [0.05, 0.1) is 10.5 Å². The number of hydrogen-bond acceptors (Lipinski definition) is 5. The fourth-order valence-corrected chi connectivity index (χ4v) is 3.41. The van der Waals surface area contributed by atoms with Crippen molar-refractivity contribution in [2.75, 3.05) is 7.05 Å². The average molecular weight is 389 g/mol. The fourth-order valence-electron chi connectivity index (χ4n) is 2.64. The first-order valence-corrected chi connectivity index (χ1v) is 9.91. The molecular formula is C20H23NO5S. The van der Waals surface area contributed by atoms with Crippen molar-refractivity contribution in [2.45, 2.75) is 38.7 Å². The Morgan fingerprint density at radius 1 is 1.00 bits per heavy atom. The highest BCUT2D eigenvalue weighted by molar-refractivity contribution is 7.89. The van der Waals surface area contributed by atoms with E-state index in [2.05, 4.69) is 4.72 Å². The lowest BCUT2D eigenvalue weighted by Crippen LogP contribution is -2.25. The molecule has 0 aliphatic rings. The third kappa shape index (κ3) is 4.61. The van der Waals surface area contributed by atoms with Gasteiger partial charge in [0.25, 0.3) is 0 Å². The maximum atomic E-state index is 12.7. The van der Waals surface area contributed by atoms with Gasteiger partial charge in [0.1, 0.15) is 0 Å². The molecule has 27 heavy (non-hydrogen) atoms. The predicted octanol–water partition coefficient (Wildman–Crippen LogP) is 2.95. The van der Waals surface area contributed by atoms with Gasteiger partial charge in [0, 0.05) is 5.56 Å². The molecule has 0 fully saturated rings. The Labute approximate surface area is 159 Å². The Balaban J connectivity index is 2.22. The van der Waals surface area contributed by atoms with Gasteiger partial charge in [-0.25, -0.2) is 17.9 Å². The molecule has 2 rings (SSSR count). The summed E-state index contributed by atoms with van der Waals surface area (Å²) in [5.74, 6) is -1.06. The SMILES string of the molecule is CNS(=O)(=O)c1cccc(C(=O)O[C@@H](C)C(=O)c2cc(C)c(C)cc2C)c1. The summed E-state index contributed by atoms with van der Waals surface area (Å²) < 4.78 is 31.2. The number of ether oxygens (including phenoxy) is 1. The average Bonchev–Trinajstić information content (AvgIpc) is 2.64. The van der Waals surface area contributed by atoms with Crippen molar-refractivity contribution in [3.05, 3.63) is 64.2 Å². The number of Topliss-reactive ketones (excluding diaryl/α,β-unsaturated/α-hetero) is 1. The topological polar surface area (TPSA) is 89.5 Å². The molecule has 1 atom stereocenters. The van der Waals surface area contributed by atoms with Gasteiger partial charge >= 0.3 is 5.97 Å². The first-order valence-electron chi connectivity index (χ1n) is 8.43. The molecule has 0 aliphatic carbocycles. The number of esters is 1. The van der Waals surface area contributed by atoms with Crippen LogP contribution in [0.2, 0.25) is 0 Å². The maximum Gasteiger partial charge on any atom is 0.338 e. The third-order valence-corrected chi connectivity index (χ3v) is 5.82. The van der Waals surface area contributed by atoms with E-state index in [1.807, 2.05) is 26.8 Å². The number of sulfonamides is 1. The predicted molar refractivity (Wildman–Crippen MR) is 103 cm³/mol. The van der Waals surface area contributed by atoms with E-state index in [4.69, 9.17) is 4.74 Å². The number of aryl methyl sites for hydroxylation is 3. The van der Waals surface area contributed by atoms with Crippen LogP contribution >= 0.6 is 0 Å². The highest BCUT2D eigenvalue weighted by Crippen LogP contribution is 2.19. The molecule has 0 aromatic heterocycles. The van der Waals surface area contributed by atoms with Gasteiger partial charge in [-0.15, -0.1) is 0 Å². The molecule has 1 N–H and O–H groups in total. The van der Waals surface area contributed by atoms with Gasteiger partial charge < -0.3 is 4.74 Å². The molecule has 144 valence electrons. The Bertz CT molecular complexity index is 995. The Morgan fingerprint density at radius 3 is 2.26 bits per heavy atom. The lowest BCUT2D eigenvalue weighted by atomic mass is 9.96. The van der Waals surface area contributed by atoms with Gasteiger partial charge in [-0.1, -0.05) is 12.1 Å². The quantitative estimate of drug-likeness (QED) is 0.606. The number of nitrogens with one attached hydrogen (secondary N) is 1. The van der Waals surface area contributed by atoms with E-state index in [-0.39, 0.29) is 16.2 Å². The van der Waals surface area contributed by atoms with E-state index in [0.717, 1.165) is 16.7 Å². The largest absolute Gasteiger partial charge is 0.451 e. The highest BCUT2D eigenvalue weighted by atomic mass is 32.2. The van der Waals surface area contributed by atoms with Crippen LogP contribution in [0.1, 0.15) is 44.3 Å². The van der Waals surface area contributed by atoms with E-state index in [1.54, 1.807) is 6.07 Å². The van der Waals surface area contributed by atoms with Crippen molar-refractivity contribution in [1.82, 2.24) is 4.72 Å². The van der Waals surface area contributed by atoms with Crippen molar-refractivity contribution in [2.24, 2.45) is 0 Å². The molecule has 0 bridgehead atoms. The molecule has 0 radical (unpaired) electrons. The summed E-state index contributed by atoms with van der Waals surface area (Å²) in [5.41, 5.74) is 3.43. The maximum absolute atomic E-state index is 12.7. The smallest absolute Gasteiger partial charge is 0.338 e. The first kappa shape index (κ1) is 20.8. The van der Waals surface area contributed by atoms with Gasteiger partial charge in [0.15, 0.2) is 6.10 Å². The molecule has 2 aromatic carbocycles. The summed E-state index contributed by atoms with van der Waals surface area (Å²) in [4.78, 5) is 25.0. The van der Waals surface area contributed by atoms with Crippen LogP contribution in [-0.2, 0) is 14.8 Å². The molecule has 0 saturated carbocycles. The number of benzene rings is 2. The zero-order valence-corrected chi connectivity index (χ0v) is 16.8. The molecule has 0 heterocycles. The van der Waals surface area contributed by atoms with Crippen molar-refractivity contribution < 1.29 is 22.7 Å². The van der Waals surface area contributed by atoms with Gasteiger partial charge in [-0.3, -0.25) is 4.79 Å². The number of ketones is 1. The molecule has 7 heteroatoms. The van der Waals surface area contributed by atoms with Crippen LogP contribution < -0.4 is 4.72 Å². The number of hydrogen-bond donors (Lipinski definition) is 1. The van der Waals surface area contributed by atoms with Gasteiger partial charge in [-0.05, 0) is 75.7 Å². The zero-order valence-electron chi connectivity index (χ0n) is 16.0. The Hall–Kier alpha value is -2.51. The van der Waals surface area contributed by atoms with E-state index in [0.29, 0.717) is 5.56 Å². The van der Waals surface area contributed by atoms with Crippen molar-refractivity contribution in [3.8, 4) is 0 Å². The van der Waals surface area contributed by atoms with E-state index < -0.39 is 22.1 Å². The van der Waals surface area contributed by atoms with Crippen LogP contribution in [0.25, 0.3) is 0 Å². The zero-order chi connectivity index (χ0) is 20.4. The summed E-state index contributed by atoms with van der Waals surface area (Å²) >= 11 is 0. The third-order valence-electron chi connectivity index (χ3n) is 4.41. The molecule has 6 nitrogen and oxygen atoms in total. The fraction of sp³-hybridized carbons (Fsp3) is 0.300. The normalized spacial score (nSPS) is 12.5. The number of carbonyl (C=O) groups excluding carboxylic acids is 2. The van der Waals surface area contributed by atoms with Crippen LogP contribution in [0.5, 0.6) is 0 Å². The second-order valence-electron chi connectivity index (χ2n) is 6.40. The molecule has 0 aliphatic heterocycles. The van der Waals surface area contributed by atoms with E-state index >= 15 is 0 Å². The minimum Gasteiger partial charge on any atom is -0.451 e. The van der Waals surface area contributed by atoms with Crippen LogP contribution in [0, 0.1) is 20.8 Å². The van der Waals surface area contributed by atoms with Crippen LogP contribution in [0.3, 0.4) is 0 Å². The summed E-state index contributed by atoms with van der Waals surface area (Å²) in [5, 5.41) is 0. The van der Waals surface area contributed by atoms with Gasteiger partial charge in [-0.2, -0.15) is 0 Å². The minimum absolute atomic E-state index is 0.0524. The van der Waals surface area contributed by atoms with E-state index in [9.17, 15) is 18.0 Å². The van der Waals surface area contributed by atoms with E-state index in [1.165, 1.54) is 38.2 Å². The Morgan fingerprint density at radius 2 is 1.63 bits per heavy atom. The van der Waals surface area contributed by atoms with Crippen LogP contribution in [0.15, 0.2) is 41.3 Å². The van der Waals surface area contributed by atoms with Crippen LogP contribution in [-0.4, -0.2) is 33.3 Å². The minimum atomic E-state index is -3.68. The van der Waals surface area contributed by atoms with Gasteiger partial charge in [0.2, 0.25) is 15.8 Å². The first-order chi connectivity index (χ1) is 12.6.